The van der Waals surface area contributed by atoms with Crippen LogP contribution in [-0.2, 0) is 9.47 Å². The van der Waals surface area contributed by atoms with Crippen LogP contribution in [0.25, 0.3) is 10.9 Å². The number of anilines is 2. The number of halogens is 2. The third kappa shape index (κ3) is 3.90. The monoisotopic (exact) mass is 386 g/mol. The first-order valence-corrected chi connectivity index (χ1v) is 8.34. The number of fused-ring (bicyclic) bond motifs is 1. The van der Waals surface area contributed by atoms with Crippen molar-refractivity contribution in [3.05, 3.63) is 65.4 Å². The molecule has 0 aliphatic rings. The van der Waals surface area contributed by atoms with Crippen LogP contribution >= 0.6 is 0 Å². The Morgan fingerprint density at radius 2 is 1.79 bits per heavy atom. The summed E-state index contributed by atoms with van der Waals surface area (Å²) in [5.74, 6) is -2.81. The van der Waals surface area contributed by atoms with E-state index in [1.54, 1.807) is 13.0 Å². The Bertz CT molecular complexity index is 1050. The Labute approximate surface area is 159 Å². The van der Waals surface area contributed by atoms with Gasteiger partial charge < -0.3 is 14.8 Å². The van der Waals surface area contributed by atoms with E-state index >= 15 is 0 Å². The van der Waals surface area contributed by atoms with Crippen LogP contribution < -0.4 is 5.32 Å². The van der Waals surface area contributed by atoms with Gasteiger partial charge in [0, 0.05) is 23.3 Å². The molecule has 6 nitrogen and oxygen atoms in total. The summed E-state index contributed by atoms with van der Waals surface area (Å²) in [4.78, 5) is 28.5. The first-order valence-electron chi connectivity index (χ1n) is 8.34. The molecule has 144 valence electrons. The van der Waals surface area contributed by atoms with E-state index in [1.807, 2.05) is 0 Å². The minimum absolute atomic E-state index is 0.0565. The molecule has 1 N–H and O–H groups in total. The fourth-order valence-electron chi connectivity index (χ4n) is 2.71. The molecule has 0 bridgehead atoms. The van der Waals surface area contributed by atoms with Gasteiger partial charge in [0.05, 0.1) is 30.5 Å². The van der Waals surface area contributed by atoms with E-state index in [0.29, 0.717) is 10.9 Å². The third-order valence-corrected chi connectivity index (χ3v) is 3.92. The number of pyridine rings is 1. The van der Waals surface area contributed by atoms with Gasteiger partial charge in [-0.1, -0.05) is 0 Å². The quantitative estimate of drug-likeness (QED) is 0.662. The van der Waals surface area contributed by atoms with Gasteiger partial charge in [-0.15, -0.1) is 0 Å². The zero-order chi connectivity index (χ0) is 20.3. The third-order valence-electron chi connectivity index (χ3n) is 3.92. The van der Waals surface area contributed by atoms with Gasteiger partial charge in [0.15, 0.2) is 0 Å². The number of carbonyl (C=O) groups is 2. The van der Waals surface area contributed by atoms with Crippen LogP contribution in [-0.4, -0.2) is 30.6 Å². The zero-order valence-electron chi connectivity index (χ0n) is 15.1. The second-order valence-electron chi connectivity index (χ2n) is 5.77. The molecule has 0 spiro atoms. The molecule has 1 aromatic heterocycles. The van der Waals surface area contributed by atoms with Crippen molar-refractivity contribution in [3.63, 3.8) is 0 Å². The molecule has 0 amide bonds. The number of hydrogen-bond acceptors (Lipinski definition) is 6. The Balaban J connectivity index is 2.22. The summed E-state index contributed by atoms with van der Waals surface area (Å²) < 4.78 is 37.0. The molecular weight excluding hydrogens is 370 g/mol. The van der Waals surface area contributed by atoms with E-state index in [0.717, 1.165) is 18.2 Å². The van der Waals surface area contributed by atoms with Crippen molar-refractivity contribution in [3.8, 4) is 0 Å². The van der Waals surface area contributed by atoms with Crippen LogP contribution in [0.2, 0.25) is 0 Å². The molecule has 3 rings (SSSR count). The maximum atomic E-state index is 13.6. The summed E-state index contributed by atoms with van der Waals surface area (Å²) in [6, 6.07) is 7.47. The minimum Gasteiger partial charge on any atom is -0.465 e. The molecule has 0 unspecified atom stereocenters. The number of rotatable bonds is 5. The Morgan fingerprint density at radius 3 is 2.43 bits per heavy atom. The molecular formula is C20H16F2N2O4. The summed E-state index contributed by atoms with van der Waals surface area (Å²) in [6.45, 7) is 1.78. The standard InChI is InChI=1S/C20H16F2N2O4/c1-3-28-20(26)16-10-23-17-5-4-11(19(25)27-2)6-15(17)18(16)24-14-8-12(21)7-13(22)9-14/h4-10H,3H2,1-2H3,(H,23,24). The van der Waals surface area contributed by atoms with Gasteiger partial charge in [-0.05, 0) is 37.3 Å². The van der Waals surface area contributed by atoms with Crippen molar-refractivity contribution < 1.29 is 27.8 Å². The number of nitrogens with zero attached hydrogens (tertiary/aromatic N) is 1. The molecule has 0 radical (unpaired) electrons. The summed E-state index contributed by atoms with van der Waals surface area (Å²) in [6.07, 6.45) is 1.30. The molecule has 0 fully saturated rings. The van der Waals surface area contributed by atoms with Gasteiger partial charge in [0.2, 0.25) is 0 Å². The molecule has 2 aromatic carbocycles. The molecule has 0 aliphatic heterocycles. The second-order valence-corrected chi connectivity index (χ2v) is 5.77. The highest BCUT2D eigenvalue weighted by Gasteiger charge is 2.19. The lowest BCUT2D eigenvalue weighted by Crippen LogP contribution is -2.10. The van der Waals surface area contributed by atoms with Crippen LogP contribution in [0.1, 0.15) is 27.6 Å². The maximum Gasteiger partial charge on any atom is 0.341 e. The minimum atomic E-state index is -0.784. The Morgan fingerprint density at radius 1 is 1.07 bits per heavy atom. The van der Waals surface area contributed by atoms with Crippen LogP contribution in [0.4, 0.5) is 20.2 Å². The number of aromatic nitrogens is 1. The first kappa shape index (κ1) is 19.2. The van der Waals surface area contributed by atoms with Gasteiger partial charge in [-0.3, -0.25) is 4.98 Å². The molecule has 3 aromatic rings. The predicted octanol–water partition coefficient (Wildman–Crippen LogP) is 4.22. The van der Waals surface area contributed by atoms with Crippen LogP contribution in [0.5, 0.6) is 0 Å². The Kier molecular flexibility index (Phi) is 5.49. The van der Waals surface area contributed by atoms with Crippen molar-refractivity contribution in [1.82, 2.24) is 4.98 Å². The van der Waals surface area contributed by atoms with Gasteiger partial charge in [0.25, 0.3) is 0 Å². The molecule has 8 heteroatoms. The van der Waals surface area contributed by atoms with Crippen molar-refractivity contribution in [1.29, 1.82) is 0 Å². The normalized spacial score (nSPS) is 10.6. The largest absolute Gasteiger partial charge is 0.465 e. The zero-order valence-corrected chi connectivity index (χ0v) is 15.1. The lowest BCUT2D eigenvalue weighted by Gasteiger charge is -2.15. The van der Waals surface area contributed by atoms with Crippen molar-refractivity contribution in [2.45, 2.75) is 6.92 Å². The van der Waals surface area contributed by atoms with Crippen molar-refractivity contribution >= 4 is 34.2 Å². The fourth-order valence-corrected chi connectivity index (χ4v) is 2.71. The Hall–Kier alpha value is -3.55. The highest BCUT2D eigenvalue weighted by atomic mass is 19.1. The number of ether oxygens (including phenoxy) is 2. The van der Waals surface area contributed by atoms with Crippen LogP contribution in [0.15, 0.2) is 42.6 Å². The highest BCUT2D eigenvalue weighted by molar-refractivity contribution is 6.07. The number of nitrogens with one attached hydrogen (secondary N) is 1. The molecule has 0 saturated heterocycles. The van der Waals surface area contributed by atoms with Gasteiger partial charge in [-0.2, -0.15) is 0 Å². The number of methoxy groups -OCH3 is 1. The van der Waals surface area contributed by atoms with E-state index in [-0.39, 0.29) is 29.1 Å². The smallest absolute Gasteiger partial charge is 0.341 e. The average molecular weight is 386 g/mol. The van der Waals surface area contributed by atoms with Crippen LogP contribution in [0.3, 0.4) is 0 Å². The highest BCUT2D eigenvalue weighted by Crippen LogP contribution is 2.31. The van der Waals surface area contributed by atoms with Crippen molar-refractivity contribution in [2.24, 2.45) is 0 Å². The van der Waals surface area contributed by atoms with Crippen molar-refractivity contribution in [2.75, 3.05) is 19.0 Å². The fraction of sp³-hybridized carbons (Fsp3) is 0.150. The second kappa shape index (κ2) is 7.99. The number of carbonyl (C=O) groups excluding carboxylic acids is 2. The molecule has 0 aliphatic carbocycles. The van der Waals surface area contributed by atoms with E-state index in [1.165, 1.54) is 25.4 Å². The molecule has 28 heavy (non-hydrogen) atoms. The van der Waals surface area contributed by atoms with Gasteiger partial charge in [-0.25, -0.2) is 18.4 Å². The summed E-state index contributed by atoms with van der Waals surface area (Å²) in [5.41, 5.74) is 1.03. The summed E-state index contributed by atoms with van der Waals surface area (Å²) in [5, 5.41) is 3.23. The average Bonchev–Trinajstić information content (AvgIpc) is 2.66. The van der Waals surface area contributed by atoms with Crippen LogP contribution in [0, 0.1) is 11.6 Å². The lowest BCUT2D eigenvalue weighted by molar-refractivity contribution is 0.0526. The van der Waals surface area contributed by atoms with E-state index in [9.17, 15) is 18.4 Å². The summed E-state index contributed by atoms with van der Waals surface area (Å²) >= 11 is 0. The molecule has 1 heterocycles. The lowest BCUT2D eigenvalue weighted by atomic mass is 10.1. The molecule has 0 atom stereocenters. The van der Waals surface area contributed by atoms with E-state index < -0.39 is 23.6 Å². The predicted molar refractivity (Wildman–Crippen MR) is 98.7 cm³/mol. The van der Waals surface area contributed by atoms with E-state index in [2.05, 4.69) is 10.3 Å². The van der Waals surface area contributed by atoms with E-state index in [4.69, 9.17) is 9.47 Å². The number of benzene rings is 2. The van der Waals surface area contributed by atoms with Gasteiger partial charge >= 0.3 is 11.9 Å². The topological polar surface area (TPSA) is 77.5 Å². The summed E-state index contributed by atoms with van der Waals surface area (Å²) in [7, 11) is 1.24. The first-order chi connectivity index (χ1) is 13.4. The maximum absolute atomic E-state index is 13.6. The number of hydrogen-bond donors (Lipinski definition) is 1. The SMILES string of the molecule is CCOC(=O)c1cnc2ccc(C(=O)OC)cc2c1Nc1cc(F)cc(F)c1. The van der Waals surface area contributed by atoms with Gasteiger partial charge in [0.1, 0.15) is 17.2 Å². The number of esters is 2. The molecule has 0 saturated carbocycles.